The van der Waals surface area contributed by atoms with Crippen molar-refractivity contribution in [3.8, 4) is 11.5 Å². The first-order chi connectivity index (χ1) is 11.1. The predicted octanol–water partition coefficient (Wildman–Crippen LogP) is 2.59. The molecule has 23 heavy (non-hydrogen) atoms. The zero-order chi connectivity index (χ0) is 16.4. The summed E-state index contributed by atoms with van der Waals surface area (Å²) in [6.07, 6.45) is 1.72. The van der Waals surface area contributed by atoms with Gasteiger partial charge in [-0.3, -0.25) is 9.97 Å². The normalized spacial score (nSPS) is 12.3. The lowest BCUT2D eigenvalue weighted by Crippen LogP contribution is -2.08. The Labute approximate surface area is 137 Å². The summed E-state index contributed by atoms with van der Waals surface area (Å²) < 4.78 is 23.0. The molecule has 1 unspecified atom stereocenters. The second-order valence-corrected chi connectivity index (χ2v) is 6.43. The summed E-state index contributed by atoms with van der Waals surface area (Å²) in [5, 5.41) is 0.426. The smallest absolute Gasteiger partial charge is 0.322 e. The first kappa shape index (κ1) is 15.6. The van der Waals surface area contributed by atoms with Crippen LogP contribution in [0, 0.1) is 6.92 Å². The van der Waals surface area contributed by atoms with E-state index in [4.69, 9.17) is 9.47 Å². The summed E-state index contributed by atoms with van der Waals surface area (Å²) in [6, 6.07) is 7.29. The van der Waals surface area contributed by atoms with E-state index in [1.165, 1.54) is 0 Å². The highest BCUT2D eigenvalue weighted by molar-refractivity contribution is 7.90. The van der Waals surface area contributed by atoms with Gasteiger partial charge in [0.2, 0.25) is 0 Å². The van der Waals surface area contributed by atoms with Gasteiger partial charge in [0.05, 0.1) is 30.9 Å². The van der Waals surface area contributed by atoms with Gasteiger partial charge < -0.3 is 14.0 Å². The molecule has 2 aromatic heterocycles. The van der Waals surface area contributed by atoms with Crippen LogP contribution in [-0.4, -0.2) is 33.7 Å². The molecule has 7 heteroatoms. The standard InChI is InChI=1S/C16H17N3O3S/c1-10-8-17-11(6-15(10)22-3)9-23(20)16-18-13-5-4-12(21-2)7-14(13)19-16/h4-8H,9H2,1-3H3,(H,18,19). The number of hydrogen-bond donors (Lipinski definition) is 1. The van der Waals surface area contributed by atoms with E-state index in [0.29, 0.717) is 10.9 Å². The van der Waals surface area contributed by atoms with Crippen LogP contribution < -0.4 is 9.47 Å². The number of nitrogens with one attached hydrogen (secondary N) is 1. The maximum absolute atomic E-state index is 12.5. The number of benzene rings is 1. The molecule has 6 nitrogen and oxygen atoms in total. The molecule has 1 atom stereocenters. The van der Waals surface area contributed by atoms with Gasteiger partial charge in [-0.15, -0.1) is 0 Å². The number of H-pyrrole nitrogens is 1. The van der Waals surface area contributed by atoms with E-state index in [2.05, 4.69) is 15.0 Å². The van der Waals surface area contributed by atoms with Gasteiger partial charge in [-0.1, -0.05) is 0 Å². The van der Waals surface area contributed by atoms with Gasteiger partial charge in [-0.05, 0) is 19.1 Å². The molecule has 3 aromatic rings. The van der Waals surface area contributed by atoms with E-state index in [-0.39, 0.29) is 5.75 Å². The lowest BCUT2D eigenvalue weighted by Gasteiger charge is -2.09. The average molecular weight is 331 g/mol. The summed E-state index contributed by atoms with van der Waals surface area (Å²) in [4.78, 5) is 11.8. The van der Waals surface area contributed by atoms with Crippen molar-refractivity contribution in [3.63, 3.8) is 0 Å². The van der Waals surface area contributed by atoms with Gasteiger partial charge in [0.15, 0.2) is 5.75 Å². The van der Waals surface area contributed by atoms with Gasteiger partial charge in [0.1, 0.15) is 11.5 Å². The van der Waals surface area contributed by atoms with Gasteiger partial charge in [-0.2, -0.15) is 4.98 Å². The first-order valence-electron chi connectivity index (χ1n) is 7.02. The molecule has 0 aliphatic carbocycles. The third-order valence-electron chi connectivity index (χ3n) is 3.49. The van der Waals surface area contributed by atoms with Crippen LogP contribution in [-0.2, 0) is 16.9 Å². The minimum absolute atomic E-state index is 0.271. The van der Waals surface area contributed by atoms with Crippen LogP contribution in [0.3, 0.4) is 0 Å². The van der Waals surface area contributed by atoms with Crippen LogP contribution >= 0.6 is 0 Å². The van der Waals surface area contributed by atoms with Crippen LogP contribution in [0.1, 0.15) is 11.3 Å². The fraction of sp³-hybridized carbons (Fsp3) is 0.250. The summed E-state index contributed by atoms with van der Waals surface area (Å²) in [6.45, 7) is 1.92. The average Bonchev–Trinajstić information content (AvgIpc) is 2.99. The molecular weight excluding hydrogens is 314 g/mol. The fourth-order valence-corrected chi connectivity index (χ4v) is 3.23. The molecular formula is C16H17N3O3S. The van der Waals surface area contributed by atoms with Crippen molar-refractivity contribution >= 4 is 22.2 Å². The van der Waals surface area contributed by atoms with Crippen molar-refractivity contribution < 1.29 is 14.0 Å². The molecule has 1 aromatic carbocycles. The molecule has 120 valence electrons. The number of imidazole rings is 1. The number of hydrogen-bond acceptors (Lipinski definition) is 5. The maximum Gasteiger partial charge on any atom is 0.322 e. The minimum atomic E-state index is -1.32. The van der Waals surface area contributed by atoms with Gasteiger partial charge >= 0.3 is 5.16 Å². The van der Waals surface area contributed by atoms with Crippen LogP contribution in [0.2, 0.25) is 0 Å². The van der Waals surface area contributed by atoms with Crippen molar-refractivity contribution in [3.05, 3.63) is 41.7 Å². The Bertz CT molecular complexity index is 835. The van der Waals surface area contributed by atoms with E-state index in [1.807, 2.05) is 25.1 Å². The van der Waals surface area contributed by atoms with Crippen LogP contribution in [0.4, 0.5) is 0 Å². The van der Waals surface area contributed by atoms with Gasteiger partial charge in [0.25, 0.3) is 0 Å². The van der Waals surface area contributed by atoms with E-state index in [0.717, 1.165) is 28.1 Å². The number of fused-ring (bicyclic) bond motifs is 1. The quantitative estimate of drug-likeness (QED) is 0.727. The number of methoxy groups -OCH3 is 2. The molecule has 0 spiro atoms. The molecule has 0 radical (unpaired) electrons. The number of pyridine rings is 1. The molecule has 0 aliphatic heterocycles. The zero-order valence-electron chi connectivity index (χ0n) is 13.1. The zero-order valence-corrected chi connectivity index (χ0v) is 13.9. The highest BCUT2D eigenvalue weighted by atomic mass is 32.2. The fourth-order valence-electron chi connectivity index (χ4n) is 2.25. The highest BCUT2D eigenvalue weighted by Gasteiger charge is 2.19. The SMILES string of the molecule is COc1ccc2nc([S+]([O-])Cc3cc(OC)c(C)cn3)[nH]c2c1. The topological polar surface area (TPSA) is 83.1 Å². The second kappa shape index (κ2) is 6.47. The summed E-state index contributed by atoms with van der Waals surface area (Å²) >= 11 is -1.32. The van der Waals surface area contributed by atoms with Crippen molar-refractivity contribution in [2.75, 3.05) is 14.2 Å². The van der Waals surface area contributed by atoms with Crippen molar-refractivity contribution in [1.29, 1.82) is 0 Å². The summed E-state index contributed by atoms with van der Waals surface area (Å²) in [5.74, 6) is 1.73. The number of aromatic nitrogens is 3. The number of aromatic amines is 1. The van der Waals surface area contributed by atoms with Crippen LogP contribution in [0.15, 0.2) is 35.6 Å². The molecule has 0 saturated heterocycles. The molecule has 3 rings (SSSR count). The number of ether oxygens (including phenoxy) is 2. The minimum Gasteiger partial charge on any atom is -0.609 e. The lowest BCUT2D eigenvalue weighted by atomic mass is 10.2. The maximum atomic E-state index is 12.5. The largest absolute Gasteiger partial charge is 0.609 e. The van der Waals surface area contributed by atoms with E-state index in [9.17, 15) is 4.55 Å². The second-order valence-electron chi connectivity index (χ2n) is 5.06. The Morgan fingerprint density at radius 1 is 1.22 bits per heavy atom. The highest BCUT2D eigenvalue weighted by Crippen LogP contribution is 2.23. The molecule has 1 N–H and O–H groups in total. The van der Waals surface area contributed by atoms with Crippen LogP contribution in [0.25, 0.3) is 11.0 Å². The van der Waals surface area contributed by atoms with Crippen molar-refractivity contribution in [2.45, 2.75) is 17.8 Å². The predicted molar refractivity (Wildman–Crippen MR) is 88.3 cm³/mol. The Balaban J connectivity index is 1.84. The third kappa shape index (κ3) is 3.25. The van der Waals surface area contributed by atoms with E-state index in [1.54, 1.807) is 26.5 Å². The number of nitrogens with zero attached hydrogens (tertiary/aromatic N) is 2. The molecule has 2 heterocycles. The Hall–Kier alpha value is -2.25. The van der Waals surface area contributed by atoms with Crippen molar-refractivity contribution in [2.24, 2.45) is 0 Å². The molecule has 0 aliphatic rings. The van der Waals surface area contributed by atoms with Gasteiger partial charge in [-0.25, -0.2) is 0 Å². The Morgan fingerprint density at radius 2 is 2.04 bits per heavy atom. The Kier molecular flexibility index (Phi) is 4.40. The molecule has 0 saturated carbocycles. The van der Waals surface area contributed by atoms with Crippen molar-refractivity contribution in [1.82, 2.24) is 15.0 Å². The number of aryl methyl sites for hydroxylation is 1. The van der Waals surface area contributed by atoms with E-state index >= 15 is 0 Å². The van der Waals surface area contributed by atoms with E-state index < -0.39 is 11.2 Å². The van der Waals surface area contributed by atoms with Gasteiger partial charge in [0, 0.05) is 35.1 Å². The summed E-state index contributed by atoms with van der Waals surface area (Å²) in [5.41, 5.74) is 3.19. The molecule has 0 amide bonds. The van der Waals surface area contributed by atoms with Crippen LogP contribution in [0.5, 0.6) is 11.5 Å². The number of rotatable bonds is 5. The Morgan fingerprint density at radius 3 is 2.78 bits per heavy atom. The lowest BCUT2D eigenvalue weighted by molar-refractivity contribution is 0.410. The summed E-state index contributed by atoms with van der Waals surface area (Å²) in [7, 11) is 3.21. The third-order valence-corrected chi connectivity index (χ3v) is 4.67. The molecule has 0 bridgehead atoms. The molecule has 0 fully saturated rings. The first-order valence-corrected chi connectivity index (χ1v) is 8.34. The monoisotopic (exact) mass is 331 g/mol.